The van der Waals surface area contributed by atoms with Gasteiger partial charge in [0.2, 0.25) is 0 Å². The first kappa shape index (κ1) is 8.51. The van der Waals surface area contributed by atoms with Crippen LogP contribution in [0.25, 0.3) is 0 Å². The van der Waals surface area contributed by atoms with E-state index >= 15 is 0 Å². The van der Waals surface area contributed by atoms with Crippen LogP contribution < -0.4 is 5.32 Å². The van der Waals surface area contributed by atoms with Crippen molar-refractivity contribution in [3.8, 4) is 6.07 Å². The van der Waals surface area contributed by atoms with E-state index in [1.54, 1.807) is 0 Å². The molecule has 1 N–H and O–H groups in total. The zero-order valence-corrected chi connectivity index (χ0v) is 6.84. The summed E-state index contributed by atoms with van der Waals surface area (Å²) in [7, 11) is 0. The summed E-state index contributed by atoms with van der Waals surface area (Å²) >= 11 is 0. The number of hydrogen-bond acceptors (Lipinski definition) is 3. The Kier molecular flexibility index (Phi) is 3.95. The van der Waals surface area contributed by atoms with Crippen molar-refractivity contribution in [3.05, 3.63) is 0 Å². The van der Waals surface area contributed by atoms with Crippen LogP contribution in [0.3, 0.4) is 0 Å². The third-order valence-corrected chi connectivity index (χ3v) is 1.97. The van der Waals surface area contributed by atoms with Gasteiger partial charge in [-0.2, -0.15) is 5.26 Å². The maximum absolute atomic E-state index is 8.31. The van der Waals surface area contributed by atoms with Gasteiger partial charge in [-0.05, 0) is 13.0 Å². The zero-order valence-electron chi connectivity index (χ0n) is 6.84. The van der Waals surface area contributed by atoms with Crippen LogP contribution in [-0.2, 0) is 0 Å². The molecule has 0 radical (unpaired) electrons. The molecule has 0 aromatic heterocycles. The highest BCUT2D eigenvalue weighted by Gasteiger charge is 2.07. The molecule has 0 amide bonds. The molecule has 0 atom stereocenters. The zero-order chi connectivity index (χ0) is 7.94. The molecule has 0 aliphatic carbocycles. The van der Waals surface area contributed by atoms with Crippen molar-refractivity contribution in [1.82, 2.24) is 10.2 Å². The van der Waals surface area contributed by atoms with Crippen LogP contribution in [0.4, 0.5) is 0 Å². The van der Waals surface area contributed by atoms with Gasteiger partial charge >= 0.3 is 0 Å². The van der Waals surface area contributed by atoms with Crippen molar-refractivity contribution in [2.75, 3.05) is 32.7 Å². The second-order valence-corrected chi connectivity index (χ2v) is 2.85. The Morgan fingerprint density at radius 3 is 2.73 bits per heavy atom. The fourth-order valence-electron chi connectivity index (χ4n) is 1.32. The molecule has 1 aliphatic heterocycles. The molecule has 1 fully saturated rings. The predicted molar refractivity (Wildman–Crippen MR) is 44.2 cm³/mol. The molecule has 62 valence electrons. The molecule has 3 heteroatoms. The molecule has 0 aromatic rings. The minimum absolute atomic E-state index is 0.698. The molecule has 0 saturated carbocycles. The Bertz CT molecular complexity index is 133. The van der Waals surface area contributed by atoms with Crippen LogP contribution in [-0.4, -0.2) is 37.6 Å². The van der Waals surface area contributed by atoms with E-state index in [-0.39, 0.29) is 0 Å². The number of rotatable bonds is 3. The van der Waals surface area contributed by atoms with Gasteiger partial charge in [-0.3, -0.25) is 0 Å². The second-order valence-electron chi connectivity index (χ2n) is 2.85. The van der Waals surface area contributed by atoms with Crippen molar-refractivity contribution < 1.29 is 0 Å². The van der Waals surface area contributed by atoms with E-state index in [1.165, 1.54) is 0 Å². The van der Waals surface area contributed by atoms with Crippen LogP contribution in [0.5, 0.6) is 0 Å². The molecule has 1 rings (SSSR count). The summed E-state index contributed by atoms with van der Waals surface area (Å²) in [6.07, 6.45) is 1.72. The van der Waals surface area contributed by atoms with Gasteiger partial charge in [0.05, 0.1) is 6.07 Å². The van der Waals surface area contributed by atoms with Gasteiger partial charge in [-0.15, -0.1) is 0 Å². The normalized spacial score (nSPS) is 19.5. The molecule has 1 heterocycles. The van der Waals surface area contributed by atoms with Crippen molar-refractivity contribution in [2.45, 2.75) is 12.8 Å². The Balaban J connectivity index is 2.01. The lowest BCUT2D eigenvalue weighted by Crippen LogP contribution is -2.43. The highest BCUT2D eigenvalue weighted by Crippen LogP contribution is 1.95. The molecular weight excluding hydrogens is 138 g/mol. The summed E-state index contributed by atoms with van der Waals surface area (Å²) in [5.41, 5.74) is 0. The number of nitrogens with zero attached hydrogens (tertiary/aromatic N) is 2. The maximum atomic E-state index is 8.31. The number of unbranched alkanes of at least 4 members (excludes halogenated alkanes) is 1. The third-order valence-electron chi connectivity index (χ3n) is 1.97. The number of hydrogen-bond donors (Lipinski definition) is 1. The molecule has 0 bridgehead atoms. The van der Waals surface area contributed by atoms with Gasteiger partial charge in [0.25, 0.3) is 0 Å². The molecule has 0 spiro atoms. The van der Waals surface area contributed by atoms with E-state index < -0.39 is 0 Å². The third kappa shape index (κ3) is 3.35. The average Bonchev–Trinajstić information content (AvgIpc) is 2.07. The van der Waals surface area contributed by atoms with Crippen molar-refractivity contribution >= 4 is 0 Å². The van der Waals surface area contributed by atoms with Gasteiger partial charge in [0.15, 0.2) is 0 Å². The summed E-state index contributed by atoms with van der Waals surface area (Å²) in [6.45, 7) is 5.59. The Morgan fingerprint density at radius 2 is 2.09 bits per heavy atom. The number of piperazine rings is 1. The fraction of sp³-hybridized carbons (Fsp3) is 0.875. The predicted octanol–water partition coefficient (Wildman–Crippen LogP) is 0.195. The van der Waals surface area contributed by atoms with Crippen LogP contribution in [0.15, 0.2) is 0 Å². The minimum Gasteiger partial charge on any atom is -0.314 e. The molecule has 1 saturated heterocycles. The highest BCUT2D eigenvalue weighted by atomic mass is 15.2. The second kappa shape index (κ2) is 5.11. The van der Waals surface area contributed by atoms with Crippen molar-refractivity contribution in [2.24, 2.45) is 0 Å². The molecular formula is C8H15N3. The monoisotopic (exact) mass is 153 g/mol. The lowest BCUT2D eigenvalue weighted by molar-refractivity contribution is 0.239. The van der Waals surface area contributed by atoms with Crippen LogP contribution >= 0.6 is 0 Å². The van der Waals surface area contributed by atoms with Crippen LogP contribution in [0.2, 0.25) is 0 Å². The van der Waals surface area contributed by atoms with Gasteiger partial charge < -0.3 is 10.2 Å². The van der Waals surface area contributed by atoms with Crippen molar-refractivity contribution in [1.29, 1.82) is 5.26 Å². The quantitative estimate of drug-likeness (QED) is 0.588. The van der Waals surface area contributed by atoms with Crippen LogP contribution in [0.1, 0.15) is 12.8 Å². The largest absolute Gasteiger partial charge is 0.314 e. The number of nitrogens with one attached hydrogen (secondary N) is 1. The Hall–Kier alpha value is -0.590. The van der Waals surface area contributed by atoms with Gasteiger partial charge in [0, 0.05) is 32.6 Å². The first-order chi connectivity index (χ1) is 5.43. The van der Waals surface area contributed by atoms with E-state index in [1.807, 2.05) is 0 Å². The maximum Gasteiger partial charge on any atom is 0.0622 e. The SMILES string of the molecule is N#CCCCN1CCNCC1. The lowest BCUT2D eigenvalue weighted by atomic mass is 10.3. The highest BCUT2D eigenvalue weighted by molar-refractivity contribution is 4.72. The van der Waals surface area contributed by atoms with Gasteiger partial charge in [-0.25, -0.2) is 0 Å². The first-order valence-corrected chi connectivity index (χ1v) is 4.23. The first-order valence-electron chi connectivity index (χ1n) is 4.23. The smallest absolute Gasteiger partial charge is 0.0622 e. The summed E-state index contributed by atoms with van der Waals surface area (Å²) < 4.78 is 0. The van der Waals surface area contributed by atoms with Gasteiger partial charge in [0.1, 0.15) is 0 Å². The van der Waals surface area contributed by atoms with E-state index in [4.69, 9.17) is 5.26 Å². The van der Waals surface area contributed by atoms with E-state index in [0.717, 1.165) is 39.1 Å². The summed E-state index contributed by atoms with van der Waals surface area (Å²) in [5, 5.41) is 11.6. The van der Waals surface area contributed by atoms with E-state index in [0.29, 0.717) is 6.42 Å². The summed E-state index contributed by atoms with van der Waals surface area (Å²) in [5.74, 6) is 0. The summed E-state index contributed by atoms with van der Waals surface area (Å²) in [4.78, 5) is 2.41. The van der Waals surface area contributed by atoms with E-state index in [9.17, 15) is 0 Å². The van der Waals surface area contributed by atoms with Crippen LogP contribution in [0, 0.1) is 11.3 Å². The Morgan fingerprint density at radius 1 is 1.36 bits per heavy atom. The summed E-state index contributed by atoms with van der Waals surface area (Å²) in [6, 6.07) is 2.16. The number of nitriles is 1. The van der Waals surface area contributed by atoms with Crippen molar-refractivity contribution in [3.63, 3.8) is 0 Å². The molecule has 0 unspecified atom stereocenters. The topological polar surface area (TPSA) is 39.1 Å². The Labute approximate surface area is 68.0 Å². The minimum atomic E-state index is 0.698. The molecule has 1 aliphatic rings. The standard InChI is InChI=1S/C8H15N3/c9-3-1-2-6-11-7-4-10-5-8-11/h10H,1-2,4-8H2. The molecule has 3 nitrogen and oxygen atoms in total. The fourth-order valence-corrected chi connectivity index (χ4v) is 1.32. The van der Waals surface area contributed by atoms with Gasteiger partial charge in [-0.1, -0.05) is 0 Å². The molecule has 0 aromatic carbocycles. The van der Waals surface area contributed by atoms with E-state index in [2.05, 4.69) is 16.3 Å². The lowest BCUT2D eigenvalue weighted by Gasteiger charge is -2.26. The molecule has 11 heavy (non-hydrogen) atoms. The average molecular weight is 153 g/mol.